The SMILES string of the molecule is CN1/C(=C\C(=O)Nc2ccc([N+](=O)[O-])cc2)c2ccccc2CC1(C)C. The molecule has 1 aliphatic heterocycles. The van der Waals surface area contributed by atoms with E-state index in [1.807, 2.05) is 25.2 Å². The number of benzene rings is 2. The second-order valence-corrected chi connectivity index (χ2v) is 7.03. The van der Waals surface area contributed by atoms with Gasteiger partial charge >= 0.3 is 0 Å². The monoisotopic (exact) mass is 351 g/mol. The number of rotatable bonds is 3. The zero-order chi connectivity index (χ0) is 18.9. The van der Waals surface area contributed by atoms with Crippen molar-refractivity contribution in [1.82, 2.24) is 4.90 Å². The number of nitro groups is 1. The number of hydrogen-bond acceptors (Lipinski definition) is 4. The first kappa shape index (κ1) is 17.7. The summed E-state index contributed by atoms with van der Waals surface area (Å²) in [6.45, 7) is 4.29. The van der Waals surface area contributed by atoms with E-state index in [9.17, 15) is 14.9 Å². The van der Waals surface area contributed by atoms with Crippen LogP contribution < -0.4 is 5.32 Å². The minimum Gasteiger partial charge on any atom is -0.368 e. The Balaban J connectivity index is 1.88. The van der Waals surface area contributed by atoms with Crippen molar-refractivity contribution in [2.24, 2.45) is 0 Å². The van der Waals surface area contributed by atoms with Crippen molar-refractivity contribution < 1.29 is 9.72 Å². The molecule has 26 heavy (non-hydrogen) atoms. The molecule has 0 radical (unpaired) electrons. The van der Waals surface area contributed by atoms with Gasteiger partial charge < -0.3 is 10.2 Å². The number of hydrogen-bond donors (Lipinski definition) is 1. The van der Waals surface area contributed by atoms with Gasteiger partial charge in [0.1, 0.15) is 0 Å². The highest BCUT2D eigenvalue weighted by molar-refractivity contribution is 6.04. The fourth-order valence-electron chi connectivity index (χ4n) is 3.16. The molecule has 3 rings (SSSR count). The first-order valence-corrected chi connectivity index (χ1v) is 8.37. The number of nitrogens with zero attached hydrogens (tertiary/aromatic N) is 2. The van der Waals surface area contributed by atoms with Crippen LogP contribution in [0.5, 0.6) is 0 Å². The number of amides is 1. The average Bonchev–Trinajstić information content (AvgIpc) is 2.59. The third-order valence-corrected chi connectivity index (χ3v) is 4.80. The third kappa shape index (κ3) is 3.44. The van der Waals surface area contributed by atoms with Gasteiger partial charge in [0.2, 0.25) is 5.91 Å². The Morgan fingerprint density at radius 3 is 2.50 bits per heavy atom. The summed E-state index contributed by atoms with van der Waals surface area (Å²) in [6, 6.07) is 13.9. The third-order valence-electron chi connectivity index (χ3n) is 4.80. The first-order chi connectivity index (χ1) is 12.3. The maximum atomic E-state index is 12.5. The van der Waals surface area contributed by atoms with E-state index in [0.717, 1.165) is 17.7 Å². The van der Waals surface area contributed by atoms with E-state index in [1.54, 1.807) is 6.08 Å². The van der Waals surface area contributed by atoms with Crippen molar-refractivity contribution in [3.8, 4) is 0 Å². The largest absolute Gasteiger partial charge is 0.368 e. The van der Waals surface area contributed by atoms with Gasteiger partial charge in [-0.25, -0.2) is 0 Å². The molecule has 2 aromatic rings. The molecule has 0 spiro atoms. The standard InChI is InChI=1S/C20H21N3O3/c1-20(2)13-14-6-4-5-7-17(14)18(22(20)3)12-19(24)21-15-8-10-16(11-9-15)23(25)26/h4-12H,13H2,1-3H3,(H,21,24)/b18-12-. The quantitative estimate of drug-likeness (QED) is 0.518. The Morgan fingerprint density at radius 1 is 1.19 bits per heavy atom. The normalized spacial score (nSPS) is 16.9. The molecule has 0 fully saturated rings. The van der Waals surface area contributed by atoms with Crippen LogP contribution in [0.15, 0.2) is 54.6 Å². The molecule has 0 saturated heterocycles. The second kappa shape index (κ2) is 6.63. The fourth-order valence-corrected chi connectivity index (χ4v) is 3.16. The van der Waals surface area contributed by atoms with Crippen molar-refractivity contribution in [2.75, 3.05) is 12.4 Å². The lowest BCUT2D eigenvalue weighted by atomic mass is 9.84. The molecular weight excluding hydrogens is 330 g/mol. The van der Waals surface area contributed by atoms with Crippen molar-refractivity contribution >= 4 is 23.0 Å². The Labute approximate surface area is 152 Å². The Hall–Kier alpha value is -3.15. The highest BCUT2D eigenvalue weighted by atomic mass is 16.6. The molecule has 2 aromatic carbocycles. The van der Waals surface area contributed by atoms with E-state index in [1.165, 1.54) is 29.8 Å². The van der Waals surface area contributed by atoms with Gasteiger partial charge in [0.05, 0.1) is 4.92 Å². The zero-order valence-corrected chi connectivity index (χ0v) is 15.0. The fraction of sp³-hybridized carbons (Fsp3) is 0.250. The number of nitrogens with one attached hydrogen (secondary N) is 1. The van der Waals surface area contributed by atoms with Gasteiger partial charge in [-0.3, -0.25) is 14.9 Å². The molecule has 1 heterocycles. The molecular formula is C20H21N3O3. The van der Waals surface area contributed by atoms with Gasteiger partial charge in [0.25, 0.3) is 5.69 Å². The average molecular weight is 351 g/mol. The van der Waals surface area contributed by atoms with E-state index < -0.39 is 4.92 Å². The van der Waals surface area contributed by atoms with Gasteiger partial charge in [-0.15, -0.1) is 0 Å². The number of nitro benzene ring substituents is 1. The molecule has 0 bridgehead atoms. The summed E-state index contributed by atoms with van der Waals surface area (Å²) in [5.41, 5.74) is 3.52. The number of anilines is 1. The molecule has 6 heteroatoms. The van der Waals surface area contributed by atoms with E-state index in [4.69, 9.17) is 0 Å². The topological polar surface area (TPSA) is 75.5 Å². The molecule has 1 amide bonds. The van der Waals surface area contributed by atoms with Crippen molar-refractivity contribution in [1.29, 1.82) is 0 Å². The lowest BCUT2D eigenvalue weighted by Gasteiger charge is -2.44. The molecule has 0 aromatic heterocycles. The summed E-state index contributed by atoms with van der Waals surface area (Å²) < 4.78 is 0. The van der Waals surface area contributed by atoms with E-state index in [-0.39, 0.29) is 17.1 Å². The highest BCUT2D eigenvalue weighted by Gasteiger charge is 2.33. The number of non-ortho nitro benzene ring substituents is 1. The van der Waals surface area contributed by atoms with Crippen LogP contribution in [-0.4, -0.2) is 28.3 Å². The van der Waals surface area contributed by atoms with Crippen LogP contribution in [-0.2, 0) is 11.2 Å². The predicted octanol–water partition coefficient (Wildman–Crippen LogP) is 3.84. The van der Waals surface area contributed by atoms with Gasteiger partial charge in [-0.1, -0.05) is 24.3 Å². The first-order valence-electron chi connectivity index (χ1n) is 8.37. The number of likely N-dealkylation sites (N-methyl/N-ethyl adjacent to an activating group) is 1. The van der Waals surface area contributed by atoms with Crippen LogP contribution in [0, 0.1) is 10.1 Å². The van der Waals surface area contributed by atoms with Crippen molar-refractivity contribution in [3.05, 3.63) is 75.8 Å². The number of carbonyl (C=O) groups is 1. The molecule has 0 unspecified atom stereocenters. The summed E-state index contributed by atoms with van der Waals surface area (Å²) in [4.78, 5) is 24.9. The maximum absolute atomic E-state index is 12.5. The minimum absolute atomic E-state index is 0.0101. The van der Waals surface area contributed by atoms with Gasteiger partial charge in [-0.2, -0.15) is 0 Å². The summed E-state index contributed by atoms with van der Waals surface area (Å²) in [5, 5.41) is 13.5. The van der Waals surface area contributed by atoms with Crippen LogP contribution in [0.1, 0.15) is 25.0 Å². The molecule has 134 valence electrons. The lowest BCUT2D eigenvalue weighted by molar-refractivity contribution is -0.384. The molecule has 0 saturated carbocycles. The summed E-state index contributed by atoms with van der Waals surface area (Å²) in [7, 11) is 1.99. The Kier molecular flexibility index (Phi) is 4.50. The van der Waals surface area contributed by atoms with E-state index >= 15 is 0 Å². The van der Waals surface area contributed by atoms with Crippen LogP contribution in [0.3, 0.4) is 0 Å². The van der Waals surface area contributed by atoms with E-state index in [2.05, 4.69) is 30.1 Å². The Morgan fingerprint density at radius 2 is 1.85 bits per heavy atom. The van der Waals surface area contributed by atoms with Gasteiger partial charge in [0, 0.05) is 47.7 Å². The minimum atomic E-state index is -0.469. The molecule has 0 aliphatic carbocycles. The number of fused-ring (bicyclic) bond motifs is 1. The molecule has 1 aliphatic rings. The maximum Gasteiger partial charge on any atom is 0.269 e. The molecule has 6 nitrogen and oxygen atoms in total. The summed E-state index contributed by atoms with van der Waals surface area (Å²) in [6.07, 6.45) is 2.49. The summed E-state index contributed by atoms with van der Waals surface area (Å²) >= 11 is 0. The smallest absolute Gasteiger partial charge is 0.269 e. The molecule has 0 atom stereocenters. The molecule has 1 N–H and O–H groups in total. The lowest BCUT2D eigenvalue weighted by Crippen LogP contribution is -2.45. The van der Waals surface area contributed by atoms with Gasteiger partial charge in [-0.05, 0) is 38.0 Å². The predicted molar refractivity (Wildman–Crippen MR) is 102 cm³/mol. The van der Waals surface area contributed by atoms with Crippen LogP contribution in [0.4, 0.5) is 11.4 Å². The second-order valence-electron chi connectivity index (χ2n) is 7.03. The summed E-state index contributed by atoms with van der Waals surface area (Å²) in [5.74, 6) is -0.270. The van der Waals surface area contributed by atoms with Gasteiger partial charge in [0.15, 0.2) is 0 Å². The highest BCUT2D eigenvalue weighted by Crippen LogP contribution is 2.36. The Bertz CT molecular complexity index is 885. The van der Waals surface area contributed by atoms with E-state index in [0.29, 0.717) is 5.69 Å². The van der Waals surface area contributed by atoms with Crippen LogP contribution in [0.2, 0.25) is 0 Å². The van der Waals surface area contributed by atoms with Crippen molar-refractivity contribution in [3.63, 3.8) is 0 Å². The number of carbonyl (C=O) groups excluding carboxylic acids is 1. The van der Waals surface area contributed by atoms with Crippen LogP contribution >= 0.6 is 0 Å². The zero-order valence-electron chi connectivity index (χ0n) is 15.0. The van der Waals surface area contributed by atoms with Crippen LogP contribution in [0.25, 0.3) is 5.70 Å². The van der Waals surface area contributed by atoms with Crippen molar-refractivity contribution in [2.45, 2.75) is 25.8 Å².